The summed E-state index contributed by atoms with van der Waals surface area (Å²) in [5.74, 6) is -0.131. The van der Waals surface area contributed by atoms with Gasteiger partial charge in [0.2, 0.25) is 11.0 Å². The van der Waals surface area contributed by atoms with E-state index in [2.05, 4.69) is 22.4 Å². The molecule has 1 aromatic rings. The van der Waals surface area contributed by atoms with Crippen LogP contribution in [0.2, 0.25) is 0 Å². The van der Waals surface area contributed by atoms with E-state index in [0.717, 1.165) is 30.7 Å². The van der Waals surface area contributed by atoms with Crippen molar-refractivity contribution in [2.24, 2.45) is 5.73 Å². The lowest BCUT2D eigenvalue weighted by molar-refractivity contribution is -0.118. The van der Waals surface area contributed by atoms with E-state index in [9.17, 15) is 4.79 Å². The molecule has 1 aliphatic rings. The van der Waals surface area contributed by atoms with Gasteiger partial charge in [0.15, 0.2) is 0 Å². The Morgan fingerprint density at radius 3 is 2.88 bits per heavy atom. The normalized spacial score (nSPS) is 16.8. The van der Waals surface area contributed by atoms with Gasteiger partial charge in [0, 0.05) is 6.42 Å². The third-order valence-electron chi connectivity index (χ3n) is 2.92. The van der Waals surface area contributed by atoms with Gasteiger partial charge in [-0.2, -0.15) is 0 Å². The van der Waals surface area contributed by atoms with Gasteiger partial charge in [-0.25, -0.2) is 0 Å². The Balaban J connectivity index is 1.83. The van der Waals surface area contributed by atoms with Crippen molar-refractivity contribution in [2.75, 3.05) is 5.32 Å². The molecule has 1 saturated carbocycles. The molecule has 0 saturated heterocycles. The minimum atomic E-state index is -0.645. The Labute approximate surface area is 105 Å². The van der Waals surface area contributed by atoms with Crippen molar-refractivity contribution in [1.82, 2.24) is 10.2 Å². The van der Waals surface area contributed by atoms with E-state index >= 15 is 0 Å². The largest absolute Gasteiger partial charge is 0.317 e. The first kappa shape index (κ1) is 12.4. The van der Waals surface area contributed by atoms with E-state index in [1.807, 2.05) is 0 Å². The zero-order valence-electron chi connectivity index (χ0n) is 10.0. The number of anilines is 1. The minimum absolute atomic E-state index is 0.131. The standard InChI is InChI=1S/C11H18N4OS/c1-2-3-4-5-8-14-15-10(17-8)13-9(16)11(12)6-7-11/h2-7,12H2,1H3,(H,13,15,16). The number of unbranched alkanes of at least 4 members (excludes halogenated alkanes) is 2. The molecule has 17 heavy (non-hydrogen) atoms. The fourth-order valence-electron chi connectivity index (χ4n) is 1.51. The number of nitrogens with zero attached hydrogens (tertiary/aromatic N) is 2. The lowest BCUT2D eigenvalue weighted by Gasteiger charge is -2.05. The number of hydrogen-bond donors (Lipinski definition) is 2. The van der Waals surface area contributed by atoms with Crippen molar-refractivity contribution in [3.8, 4) is 0 Å². The Hall–Kier alpha value is -1.01. The maximum Gasteiger partial charge on any atom is 0.246 e. The minimum Gasteiger partial charge on any atom is -0.317 e. The molecule has 3 N–H and O–H groups in total. The molecule has 1 amide bonds. The summed E-state index contributed by atoms with van der Waals surface area (Å²) in [6.07, 6.45) is 5.99. The molecule has 94 valence electrons. The van der Waals surface area contributed by atoms with Gasteiger partial charge in [0.05, 0.1) is 5.54 Å². The summed E-state index contributed by atoms with van der Waals surface area (Å²) in [6.45, 7) is 2.17. The molecule has 1 aliphatic carbocycles. The SMILES string of the molecule is CCCCCc1nnc(NC(=O)C2(N)CC2)s1. The smallest absolute Gasteiger partial charge is 0.246 e. The molecule has 5 nitrogen and oxygen atoms in total. The van der Waals surface area contributed by atoms with Crippen LogP contribution in [0.3, 0.4) is 0 Å². The van der Waals surface area contributed by atoms with Gasteiger partial charge in [0.25, 0.3) is 0 Å². The predicted octanol–water partition coefficient (Wildman–Crippen LogP) is 1.70. The average molecular weight is 254 g/mol. The maximum atomic E-state index is 11.7. The van der Waals surface area contributed by atoms with E-state index in [4.69, 9.17) is 5.73 Å². The Bertz CT molecular complexity index is 400. The molecule has 0 aliphatic heterocycles. The van der Waals surface area contributed by atoms with Gasteiger partial charge in [-0.05, 0) is 19.3 Å². The molecule has 0 radical (unpaired) electrons. The van der Waals surface area contributed by atoms with E-state index in [0.29, 0.717) is 5.13 Å². The first-order valence-electron chi connectivity index (χ1n) is 6.07. The van der Waals surface area contributed by atoms with Crippen molar-refractivity contribution < 1.29 is 4.79 Å². The highest BCUT2D eigenvalue weighted by Crippen LogP contribution is 2.33. The maximum absolute atomic E-state index is 11.7. The molecule has 1 heterocycles. The highest BCUT2D eigenvalue weighted by atomic mass is 32.1. The van der Waals surface area contributed by atoms with Crippen LogP contribution in [0.15, 0.2) is 0 Å². The highest BCUT2D eigenvalue weighted by molar-refractivity contribution is 7.15. The number of hydrogen-bond acceptors (Lipinski definition) is 5. The van der Waals surface area contributed by atoms with E-state index in [1.54, 1.807) is 0 Å². The van der Waals surface area contributed by atoms with Crippen LogP contribution >= 0.6 is 11.3 Å². The summed E-state index contributed by atoms with van der Waals surface area (Å²) in [5.41, 5.74) is 5.14. The fourth-order valence-corrected chi connectivity index (χ4v) is 2.29. The number of carbonyl (C=O) groups is 1. The third-order valence-corrected chi connectivity index (χ3v) is 3.82. The van der Waals surface area contributed by atoms with E-state index in [-0.39, 0.29) is 5.91 Å². The second-order valence-corrected chi connectivity index (χ2v) is 5.63. The van der Waals surface area contributed by atoms with Crippen LogP contribution in [0.1, 0.15) is 44.0 Å². The molecule has 2 rings (SSSR count). The highest BCUT2D eigenvalue weighted by Gasteiger charge is 2.46. The second-order valence-electron chi connectivity index (χ2n) is 4.57. The molecular formula is C11H18N4OS. The molecule has 0 unspecified atom stereocenters. The number of aryl methyl sites for hydroxylation is 1. The number of amides is 1. The molecule has 0 bridgehead atoms. The van der Waals surface area contributed by atoms with Gasteiger partial charge >= 0.3 is 0 Å². The van der Waals surface area contributed by atoms with Crippen LogP contribution in [0.5, 0.6) is 0 Å². The topological polar surface area (TPSA) is 80.9 Å². The summed E-state index contributed by atoms with van der Waals surface area (Å²) < 4.78 is 0. The predicted molar refractivity (Wildman–Crippen MR) is 67.9 cm³/mol. The molecule has 0 spiro atoms. The second kappa shape index (κ2) is 5.10. The van der Waals surface area contributed by atoms with Crippen LogP contribution in [-0.4, -0.2) is 21.6 Å². The zero-order valence-corrected chi connectivity index (χ0v) is 10.8. The van der Waals surface area contributed by atoms with E-state index in [1.165, 1.54) is 24.2 Å². The third kappa shape index (κ3) is 3.23. The van der Waals surface area contributed by atoms with Crippen LogP contribution < -0.4 is 11.1 Å². The van der Waals surface area contributed by atoms with Gasteiger partial charge in [-0.3, -0.25) is 10.1 Å². The number of rotatable bonds is 6. The number of aromatic nitrogens is 2. The fraction of sp³-hybridized carbons (Fsp3) is 0.727. The van der Waals surface area contributed by atoms with Gasteiger partial charge in [-0.15, -0.1) is 10.2 Å². The molecule has 0 aromatic carbocycles. The lowest BCUT2D eigenvalue weighted by atomic mass is 10.2. The van der Waals surface area contributed by atoms with Gasteiger partial charge < -0.3 is 5.73 Å². The summed E-state index contributed by atoms with van der Waals surface area (Å²) >= 11 is 1.45. The summed E-state index contributed by atoms with van der Waals surface area (Å²) in [4.78, 5) is 11.7. The monoisotopic (exact) mass is 254 g/mol. The lowest BCUT2D eigenvalue weighted by Crippen LogP contribution is -2.37. The Kier molecular flexibility index (Phi) is 3.73. The first-order chi connectivity index (χ1) is 8.14. The molecule has 0 atom stereocenters. The quantitative estimate of drug-likeness (QED) is 0.757. The average Bonchev–Trinajstić information content (AvgIpc) is 2.90. The van der Waals surface area contributed by atoms with Crippen molar-refractivity contribution in [1.29, 1.82) is 0 Å². The number of nitrogens with one attached hydrogen (secondary N) is 1. The van der Waals surface area contributed by atoms with Crippen LogP contribution in [-0.2, 0) is 11.2 Å². The van der Waals surface area contributed by atoms with Gasteiger partial charge in [0.1, 0.15) is 5.01 Å². The molecule has 1 aromatic heterocycles. The molecule has 1 fully saturated rings. The van der Waals surface area contributed by atoms with Crippen LogP contribution in [0.4, 0.5) is 5.13 Å². The zero-order chi connectivity index (χ0) is 12.3. The van der Waals surface area contributed by atoms with Crippen molar-refractivity contribution in [3.63, 3.8) is 0 Å². The summed E-state index contributed by atoms with van der Waals surface area (Å²) in [6, 6.07) is 0. The number of carbonyl (C=O) groups excluding carboxylic acids is 1. The van der Waals surface area contributed by atoms with Crippen molar-refractivity contribution >= 4 is 22.4 Å². The Morgan fingerprint density at radius 1 is 1.47 bits per heavy atom. The molecular weight excluding hydrogens is 236 g/mol. The Morgan fingerprint density at radius 2 is 2.24 bits per heavy atom. The number of nitrogens with two attached hydrogens (primary N) is 1. The summed E-state index contributed by atoms with van der Waals surface area (Å²) in [5, 5.41) is 12.3. The van der Waals surface area contributed by atoms with Gasteiger partial charge in [-0.1, -0.05) is 31.1 Å². The van der Waals surface area contributed by atoms with E-state index < -0.39 is 5.54 Å². The van der Waals surface area contributed by atoms with Crippen molar-refractivity contribution in [2.45, 2.75) is 51.0 Å². The first-order valence-corrected chi connectivity index (χ1v) is 6.88. The summed E-state index contributed by atoms with van der Waals surface area (Å²) in [7, 11) is 0. The van der Waals surface area contributed by atoms with Crippen molar-refractivity contribution in [3.05, 3.63) is 5.01 Å². The van der Waals surface area contributed by atoms with Crippen LogP contribution in [0.25, 0.3) is 0 Å². The van der Waals surface area contributed by atoms with Crippen LogP contribution in [0, 0.1) is 0 Å². The molecule has 6 heteroatoms.